The van der Waals surface area contributed by atoms with Crippen molar-refractivity contribution in [2.45, 2.75) is 69.0 Å². The Bertz CT molecular complexity index is 860. The van der Waals surface area contributed by atoms with Crippen LogP contribution in [0.4, 0.5) is 31.1 Å². The Hall–Kier alpha value is -2.64. The van der Waals surface area contributed by atoms with Gasteiger partial charge in [-0.25, -0.2) is 31.1 Å². The molecule has 3 aliphatic rings. The summed E-state index contributed by atoms with van der Waals surface area (Å²) in [6.45, 7) is -0.0121. The van der Waals surface area contributed by atoms with Gasteiger partial charge >= 0.3 is 6.03 Å². The smallest absolute Gasteiger partial charge is 0.312 e. The zero-order valence-electron chi connectivity index (χ0n) is 18.4. The molecular formula is C20H26F6N4O4. The third-order valence-corrected chi connectivity index (χ3v) is 5.75. The number of aliphatic imine (C=N–C) groups is 1. The Balaban J connectivity index is 1.56. The maximum atomic E-state index is 14.8. The van der Waals surface area contributed by atoms with Crippen LogP contribution in [0.2, 0.25) is 0 Å². The number of carbonyl (C=O) groups excluding carboxylic acids is 1. The van der Waals surface area contributed by atoms with Gasteiger partial charge in [0.15, 0.2) is 12.0 Å². The van der Waals surface area contributed by atoms with E-state index in [2.05, 4.69) is 4.99 Å². The number of primary amides is 1. The van der Waals surface area contributed by atoms with Gasteiger partial charge in [-0.3, -0.25) is 0 Å². The molecule has 2 aliphatic heterocycles. The molecule has 0 aromatic rings. The van der Waals surface area contributed by atoms with E-state index in [4.69, 9.17) is 19.9 Å². The Morgan fingerprint density at radius 1 is 1.41 bits per heavy atom. The molecule has 8 nitrogen and oxygen atoms in total. The monoisotopic (exact) mass is 500 g/mol. The molecule has 1 fully saturated rings. The molecule has 14 heteroatoms. The van der Waals surface area contributed by atoms with Gasteiger partial charge in [0.25, 0.3) is 18.4 Å². The van der Waals surface area contributed by atoms with Crippen LogP contribution in [0.25, 0.3) is 0 Å². The summed E-state index contributed by atoms with van der Waals surface area (Å²) in [6.07, 6.45) is -5.66. The highest BCUT2D eigenvalue weighted by Crippen LogP contribution is 2.37. The van der Waals surface area contributed by atoms with Gasteiger partial charge < -0.3 is 30.2 Å². The van der Waals surface area contributed by atoms with Gasteiger partial charge in [-0.05, 0) is 19.8 Å². The lowest BCUT2D eigenvalue weighted by Gasteiger charge is -2.34. The number of nitrogens with zero attached hydrogens (tertiary/aromatic N) is 2. The molecule has 3 N–H and O–H groups in total. The summed E-state index contributed by atoms with van der Waals surface area (Å²) >= 11 is 0. The lowest BCUT2D eigenvalue weighted by Crippen LogP contribution is -2.50. The summed E-state index contributed by atoms with van der Waals surface area (Å²) in [5.41, 5.74) is 4.62. The van der Waals surface area contributed by atoms with Crippen LogP contribution >= 0.6 is 0 Å². The minimum absolute atomic E-state index is 0.0719. The molecule has 2 heterocycles. The van der Waals surface area contributed by atoms with Crippen molar-refractivity contribution in [1.29, 1.82) is 0 Å². The number of alkyl halides is 5. The number of hydrogen-bond donors (Lipinski definition) is 2. The van der Waals surface area contributed by atoms with E-state index in [0.717, 1.165) is 6.92 Å². The Labute approximate surface area is 191 Å². The summed E-state index contributed by atoms with van der Waals surface area (Å²) in [5.74, 6) is -4.76. The number of carbonyl (C=O) groups is 1. The minimum Gasteiger partial charge on any atom is -0.489 e. The van der Waals surface area contributed by atoms with Crippen LogP contribution in [0.3, 0.4) is 0 Å². The third-order valence-electron chi connectivity index (χ3n) is 5.75. The second-order valence-corrected chi connectivity index (χ2v) is 8.30. The topological polar surface area (TPSA) is 98.4 Å². The molecular weight excluding hydrogens is 474 g/mol. The average Bonchev–Trinajstić information content (AvgIpc) is 3.07. The molecule has 0 aromatic carbocycles. The fourth-order valence-corrected chi connectivity index (χ4v) is 3.89. The van der Waals surface area contributed by atoms with Gasteiger partial charge in [0.05, 0.1) is 18.8 Å². The maximum absolute atomic E-state index is 14.8. The fraction of sp³-hybridized carbons (Fsp3) is 0.700. The van der Waals surface area contributed by atoms with Crippen molar-refractivity contribution in [3.8, 4) is 0 Å². The SMILES string of the molecule is C[C@H](NC(N)=O)C(F)(F)C[C@@H]1CC[C@@H](OC2=NC3=C(F)C=C(OCC(F)F)C(F)C3N2C)CO1. The van der Waals surface area contributed by atoms with E-state index in [0.29, 0.717) is 12.5 Å². The number of nitrogens with two attached hydrogens (primary N) is 1. The number of allylic oxidation sites excluding steroid dienone is 2. The number of rotatable bonds is 8. The Kier molecular flexibility index (Phi) is 7.88. The number of fused-ring (bicyclic) bond motifs is 1. The third kappa shape index (κ3) is 5.88. The molecule has 3 rings (SSSR count). The molecule has 1 saturated heterocycles. The number of ether oxygens (including phenoxy) is 3. The first-order valence-corrected chi connectivity index (χ1v) is 10.6. The van der Waals surface area contributed by atoms with Gasteiger partial charge in [0, 0.05) is 19.5 Å². The highest BCUT2D eigenvalue weighted by atomic mass is 19.3. The van der Waals surface area contributed by atoms with Crippen LogP contribution in [0, 0.1) is 0 Å². The molecule has 5 atom stereocenters. The van der Waals surface area contributed by atoms with E-state index in [1.165, 1.54) is 11.9 Å². The van der Waals surface area contributed by atoms with Crippen LogP contribution in [-0.2, 0) is 14.2 Å². The lowest BCUT2D eigenvalue weighted by molar-refractivity contribution is -0.114. The van der Waals surface area contributed by atoms with Gasteiger partial charge in [0.1, 0.15) is 30.2 Å². The quantitative estimate of drug-likeness (QED) is 0.500. The van der Waals surface area contributed by atoms with E-state index in [1.54, 1.807) is 0 Å². The van der Waals surface area contributed by atoms with Crippen molar-refractivity contribution >= 4 is 12.1 Å². The first-order valence-electron chi connectivity index (χ1n) is 10.6. The van der Waals surface area contributed by atoms with Crippen LogP contribution < -0.4 is 11.1 Å². The Morgan fingerprint density at radius 3 is 2.71 bits per heavy atom. The zero-order valence-corrected chi connectivity index (χ0v) is 18.4. The molecule has 0 saturated carbocycles. The predicted molar refractivity (Wildman–Crippen MR) is 108 cm³/mol. The summed E-state index contributed by atoms with van der Waals surface area (Å²) in [6, 6.07) is -3.91. The van der Waals surface area contributed by atoms with Crippen LogP contribution in [-0.4, -0.2) is 80.0 Å². The van der Waals surface area contributed by atoms with Crippen molar-refractivity contribution in [3.63, 3.8) is 0 Å². The fourth-order valence-electron chi connectivity index (χ4n) is 3.89. The van der Waals surface area contributed by atoms with Gasteiger partial charge in [-0.1, -0.05) is 0 Å². The molecule has 2 unspecified atom stereocenters. The summed E-state index contributed by atoms with van der Waals surface area (Å²) in [5, 5.41) is 1.95. The van der Waals surface area contributed by atoms with Crippen molar-refractivity contribution in [3.05, 3.63) is 23.4 Å². The maximum Gasteiger partial charge on any atom is 0.312 e. The molecule has 0 radical (unpaired) electrons. The first-order chi connectivity index (χ1) is 15.9. The predicted octanol–water partition coefficient (Wildman–Crippen LogP) is 3.00. The molecule has 0 spiro atoms. The molecule has 1 aliphatic carbocycles. The number of amidine groups is 1. The Morgan fingerprint density at radius 2 is 2.12 bits per heavy atom. The van der Waals surface area contributed by atoms with Crippen molar-refractivity contribution in [2.75, 3.05) is 20.3 Å². The summed E-state index contributed by atoms with van der Waals surface area (Å²) < 4.78 is 98.4. The highest BCUT2D eigenvalue weighted by molar-refractivity contribution is 5.79. The average molecular weight is 500 g/mol. The van der Waals surface area contributed by atoms with Crippen molar-refractivity contribution in [2.24, 2.45) is 10.7 Å². The van der Waals surface area contributed by atoms with Gasteiger partial charge in [0.2, 0.25) is 0 Å². The van der Waals surface area contributed by atoms with Gasteiger partial charge in [-0.2, -0.15) is 4.99 Å². The molecule has 34 heavy (non-hydrogen) atoms. The van der Waals surface area contributed by atoms with Crippen molar-refractivity contribution < 1.29 is 45.3 Å². The molecule has 0 bridgehead atoms. The highest BCUT2D eigenvalue weighted by Gasteiger charge is 2.46. The zero-order chi connectivity index (χ0) is 25.2. The lowest BCUT2D eigenvalue weighted by atomic mass is 9.98. The van der Waals surface area contributed by atoms with E-state index >= 15 is 0 Å². The number of amides is 2. The molecule has 2 amide bonds. The number of nitrogens with one attached hydrogen (secondary N) is 1. The van der Waals surface area contributed by atoms with E-state index in [1.807, 2.05) is 5.32 Å². The number of likely N-dealkylation sites (N-methyl/N-ethyl adjacent to an activating group) is 1. The number of hydrogen-bond acceptors (Lipinski definition) is 6. The number of halogens is 6. The van der Waals surface area contributed by atoms with Crippen molar-refractivity contribution in [1.82, 2.24) is 10.2 Å². The standard InChI is InChI=1S/C20H26F6N4O4/c1-9(28-18(27)31)20(25,26)6-10-3-4-11(7-32-10)34-19-29-16-12(21)5-13(33-8-14(22)23)15(24)17(16)30(19)2/h5,9-11,14-15,17H,3-4,6-8H2,1-2H3,(H3,27,28,31)/t9-,10-,11+,15?,17?/m0/s1. The van der Waals surface area contributed by atoms with Gasteiger partial charge in [-0.15, -0.1) is 0 Å². The second-order valence-electron chi connectivity index (χ2n) is 8.30. The second kappa shape index (κ2) is 10.3. The van der Waals surface area contributed by atoms with Crippen LogP contribution in [0.5, 0.6) is 0 Å². The minimum atomic E-state index is -3.25. The number of urea groups is 1. The van der Waals surface area contributed by atoms with Crippen LogP contribution in [0.1, 0.15) is 26.2 Å². The normalized spacial score (nSPS) is 28.3. The van der Waals surface area contributed by atoms with E-state index in [9.17, 15) is 31.1 Å². The van der Waals surface area contributed by atoms with E-state index in [-0.39, 0.29) is 24.7 Å². The largest absolute Gasteiger partial charge is 0.489 e. The molecule has 0 aromatic heterocycles. The van der Waals surface area contributed by atoms with Crippen LogP contribution in [0.15, 0.2) is 28.4 Å². The molecule has 192 valence electrons. The first kappa shape index (κ1) is 26.0. The summed E-state index contributed by atoms with van der Waals surface area (Å²) in [4.78, 5) is 16.0. The van der Waals surface area contributed by atoms with E-state index < -0.39 is 73.5 Å². The summed E-state index contributed by atoms with van der Waals surface area (Å²) in [7, 11) is 1.40.